The van der Waals surface area contributed by atoms with Gasteiger partial charge in [0.2, 0.25) is 0 Å². The van der Waals surface area contributed by atoms with E-state index in [1.165, 1.54) is 19.5 Å². The number of nitrogens with one attached hydrogen (secondary N) is 1. The molecule has 0 aromatic carbocycles. The summed E-state index contributed by atoms with van der Waals surface area (Å²) in [5, 5.41) is 3.50. The Bertz CT molecular complexity index is 137. The van der Waals surface area contributed by atoms with Crippen molar-refractivity contribution in [3.05, 3.63) is 0 Å². The molecule has 2 aliphatic rings. The van der Waals surface area contributed by atoms with Crippen molar-refractivity contribution in [3.63, 3.8) is 0 Å². The molecule has 0 aromatic rings. The van der Waals surface area contributed by atoms with Crippen molar-refractivity contribution in [1.82, 2.24) is 10.2 Å². The molecule has 0 saturated carbocycles. The summed E-state index contributed by atoms with van der Waals surface area (Å²) in [6.45, 7) is 7.68. The van der Waals surface area contributed by atoms with Gasteiger partial charge in [-0.15, -0.1) is 0 Å². The van der Waals surface area contributed by atoms with Crippen molar-refractivity contribution in [2.75, 3.05) is 32.8 Å². The Kier molecular flexibility index (Phi) is 2.63. The van der Waals surface area contributed by atoms with Gasteiger partial charge >= 0.3 is 0 Å². The first-order valence-electron chi connectivity index (χ1n) is 4.97. The van der Waals surface area contributed by atoms with Gasteiger partial charge in [-0.1, -0.05) is 6.92 Å². The molecule has 2 aliphatic heterocycles. The Morgan fingerprint density at radius 2 is 2.42 bits per heavy atom. The normalized spacial score (nSPS) is 36.8. The maximum absolute atomic E-state index is 5.67. The third kappa shape index (κ3) is 1.63. The van der Waals surface area contributed by atoms with Crippen LogP contribution in [0.25, 0.3) is 0 Å². The lowest BCUT2D eigenvalue weighted by Crippen LogP contribution is -2.47. The molecule has 0 aliphatic carbocycles. The SMILES string of the molecule is CCCN1CC2NCCOC2C1. The zero-order chi connectivity index (χ0) is 8.39. The third-order valence-electron chi connectivity index (χ3n) is 2.72. The van der Waals surface area contributed by atoms with Crippen molar-refractivity contribution in [2.24, 2.45) is 0 Å². The highest BCUT2D eigenvalue weighted by molar-refractivity contribution is 4.92. The second-order valence-electron chi connectivity index (χ2n) is 3.73. The Balaban J connectivity index is 1.85. The van der Waals surface area contributed by atoms with Crippen molar-refractivity contribution < 1.29 is 4.74 Å². The van der Waals surface area contributed by atoms with Crippen molar-refractivity contribution in [1.29, 1.82) is 0 Å². The summed E-state index contributed by atoms with van der Waals surface area (Å²) in [4.78, 5) is 2.49. The van der Waals surface area contributed by atoms with Gasteiger partial charge in [0.05, 0.1) is 12.7 Å². The van der Waals surface area contributed by atoms with Crippen molar-refractivity contribution in [2.45, 2.75) is 25.5 Å². The van der Waals surface area contributed by atoms with Crippen LogP contribution in [0.3, 0.4) is 0 Å². The molecule has 0 amide bonds. The van der Waals surface area contributed by atoms with Crippen LogP contribution in [-0.4, -0.2) is 49.8 Å². The zero-order valence-corrected chi connectivity index (χ0v) is 7.75. The van der Waals surface area contributed by atoms with E-state index in [2.05, 4.69) is 17.1 Å². The van der Waals surface area contributed by atoms with Gasteiger partial charge in [-0.3, -0.25) is 4.90 Å². The van der Waals surface area contributed by atoms with Gasteiger partial charge in [-0.25, -0.2) is 0 Å². The lowest BCUT2D eigenvalue weighted by molar-refractivity contribution is 0.0177. The number of ether oxygens (including phenoxy) is 1. The second kappa shape index (κ2) is 3.73. The quantitative estimate of drug-likeness (QED) is 0.634. The molecule has 2 fully saturated rings. The first kappa shape index (κ1) is 8.48. The first-order chi connectivity index (χ1) is 5.90. The molecule has 3 nitrogen and oxygen atoms in total. The van der Waals surface area contributed by atoms with Crippen LogP contribution >= 0.6 is 0 Å². The molecular formula is C9H18N2O. The molecule has 2 unspecified atom stereocenters. The fourth-order valence-electron chi connectivity index (χ4n) is 2.17. The summed E-state index contributed by atoms with van der Waals surface area (Å²) in [5.41, 5.74) is 0. The van der Waals surface area contributed by atoms with E-state index in [4.69, 9.17) is 4.74 Å². The summed E-state index contributed by atoms with van der Waals surface area (Å²) in [6.07, 6.45) is 1.71. The standard InChI is InChI=1S/C9H18N2O/c1-2-4-11-6-8-9(7-11)12-5-3-10-8/h8-10H,2-7H2,1H3. The maximum Gasteiger partial charge on any atom is 0.0867 e. The van der Waals surface area contributed by atoms with E-state index in [-0.39, 0.29) is 0 Å². The van der Waals surface area contributed by atoms with Crippen LogP contribution in [0.2, 0.25) is 0 Å². The summed E-state index contributed by atoms with van der Waals surface area (Å²) in [5.74, 6) is 0. The first-order valence-corrected chi connectivity index (χ1v) is 4.97. The van der Waals surface area contributed by atoms with Gasteiger partial charge < -0.3 is 10.1 Å². The number of morpholine rings is 1. The lowest BCUT2D eigenvalue weighted by atomic mass is 10.2. The smallest absolute Gasteiger partial charge is 0.0867 e. The molecule has 2 heterocycles. The van der Waals surface area contributed by atoms with E-state index in [1.54, 1.807) is 0 Å². The fraction of sp³-hybridized carbons (Fsp3) is 1.00. The van der Waals surface area contributed by atoms with Crippen LogP contribution in [0.4, 0.5) is 0 Å². The minimum atomic E-state index is 0.463. The molecule has 12 heavy (non-hydrogen) atoms. The summed E-state index contributed by atoms with van der Waals surface area (Å²) >= 11 is 0. The monoisotopic (exact) mass is 170 g/mol. The molecule has 0 spiro atoms. The average molecular weight is 170 g/mol. The highest BCUT2D eigenvalue weighted by Gasteiger charge is 2.34. The van der Waals surface area contributed by atoms with Gasteiger partial charge in [0.25, 0.3) is 0 Å². The van der Waals surface area contributed by atoms with Crippen molar-refractivity contribution >= 4 is 0 Å². The Morgan fingerprint density at radius 1 is 1.50 bits per heavy atom. The predicted octanol–water partition coefficient (Wildman–Crippen LogP) is 0.0690. The molecule has 1 N–H and O–H groups in total. The number of nitrogens with zero attached hydrogens (tertiary/aromatic N) is 1. The van der Waals surface area contributed by atoms with E-state index >= 15 is 0 Å². The summed E-state index contributed by atoms with van der Waals surface area (Å²) in [6, 6.07) is 0.602. The highest BCUT2D eigenvalue weighted by atomic mass is 16.5. The molecular weight excluding hydrogens is 152 g/mol. The minimum Gasteiger partial charge on any atom is -0.374 e. The van der Waals surface area contributed by atoms with Gasteiger partial charge in [0, 0.05) is 25.7 Å². The number of likely N-dealkylation sites (tertiary alicyclic amines) is 1. The fourth-order valence-corrected chi connectivity index (χ4v) is 2.17. The molecule has 3 heteroatoms. The largest absolute Gasteiger partial charge is 0.374 e. The van der Waals surface area contributed by atoms with E-state index in [0.717, 1.165) is 19.7 Å². The second-order valence-corrected chi connectivity index (χ2v) is 3.73. The molecule has 2 saturated heterocycles. The van der Waals surface area contributed by atoms with E-state index in [0.29, 0.717) is 12.1 Å². The van der Waals surface area contributed by atoms with Crippen LogP contribution in [0.5, 0.6) is 0 Å². The van der Waals surface area contributed by atoms with Crippen LogP contribution in [0.15, 0.2) is 0 Å². The van der Waals surface area contributed by atoms with Crippen molar-refractivity contribution in [3.8, 4) is 0 Å². The van der Waals surface area contributed by atoms with E-state index in [9.17, 15) is 0 Å². The van der Waals surface area contributed by atoms with E-state index in [1.807, 2.05) is 0 Å². The predicted molar refractivity (Wildman–Crippen MR) is 48.3 cm³/mol. The minimum absolute atomic E-state index is 0.463. The highest BCUT2D eigenvalue weighted by Crippen LogP contribution is 2.15. The average Bonchev–Trinajstić information content (AvgIpc) is 2.47. The third-order valence-corrected chi connectivity index (χ3v) is 2.72. The number of rotatable bonds is 2. The molecule has 0 radical (unpaired) electrons. The van der Waals surface area contributed by atoms with Crippen LogP contribution < -0.4 is 5.32 Å². The van der Waals surface area contributed by atoms with Crippen LogP contribution in [0, 0.1) is 0 Å². The zero-order valence-electron chi connectivity index (χ0n) is 7.75. The molecule has 0 aromatic heterocycles. The maximum atomic E-state index is 5.67. The number of hydrogen-bond acceptors (Lipinski definition) is 3. The van der Waals surface area contributed by atoms with Gasteiger partial charge in [0.1, 0.15) is 0 Å². The number of hydrogen-bond donors (Lipinski definition) is 1. The Morgan fingerprint density at radius 3 is 3.17 bits per heavy atom. The summed E-state index contributed by atoms with van der Waals surface area (Å²) in [7, 11) is 0. The van der Waals surface area contributed by atoms with E-state index < -0.39 is 0 Å². The van der Waals surface area contributed by atoms with Crippen LogP contribution in [-0.2, 0) is 4.74 Å². The lowest BCUT2D eigenvalue weighted by Gasteiger charge is -2.25. The Hall–Kier alpha value is -0.120. The van der Waals surface area contributed by atoms with Crippen LogP contribution in [0.1, 0.15) is 13.3 Å². The number of fused-ring (bicyclic) bond motifs is 1. The molecule has 70 valence electrons. The van der Waals surface area contributed by atoms with Gasteiger partial charge in [0.15, 0.2) is 0 Å². The molecule has 0 bridgehead atoms. The topological polar surface area (TPSA) is 24.5 Å². The molecule has 2 rings (SSSR count). The van der Waals surface area contributed by atoms with Gasteiger partial charge in [-0.05, 0) is 13.0 Å². The Labute approximate surface area is 74.1 Å². The molecule has 2 atom stereocenters. The van der Waals surface area contributed by atoms with Gasteiger partial charge in [-0.2, -0.15) is 0 Å². The summed E-state index contributed by atoms with van der Waals surface area (Å²) < 4.78 is 5.67.